The Morgan fingerprint density at radius 1 is 1.12 bits per heavy atom. The molecule has 0 saturated carbocycles. The molecule has 0 atom stereocenters. The van der Waals surface area contributed by atoms with E-state index in [1.165, 1.54) is 36.4 Å². The van der Waals surface area contributed by atoms with Gasteiger partial charge in [-0.05, 0) is 47.7 Å². The summed E-state index contributed by atoms with van der Waals surface area (Å²) in [4.78, 5) is 6.73. The molecule has 7 nitrogen and oxygen atoms in total. The lowest BCUT2D eigenvalue weighted by molar-refractivity contribution is 0.0639. The first-order valence-corrected chi connectivity index (χ1v) is 8.90. The van der Waals surface area contributed by atoms with Gasteiger partial charge in [-0.15, -0.1) is 5.10 Å². The van der Waals surface area contributed by atoms with Gasteiger partial charge in [0.1, 0.15) is 29.2 Å². The summed E-state index contributed by atoms with van der Waals surface area (Å²) in [7, 11) is -3.33. The van der Waals surface area contributed by atoms with Gasteiger partial charge in [-0.3, -0.25) is 0 Å². The molecule has 9 heteroatoms. The summed E-state index contributed by atoms with van der Waals surface area (Å²) in [6, 6.07) is 10.1. The fourth-order valence-electron chi connectivity index (χ4n) is 2.02. The molecule has 3 aromatic rings. The van der Waals surface area contributed by atoms with Gasteiger partial charge in [-0.25, -0.2) is 12.8 Å². The van der Waals surface area contributed by atoms with Gasteiger partial charge in [0, 0.05) is 6.26 Å². The fourth-order valence-corrected chi connectivity index (χ4v) is 2.66. The summed E-state index contributed by atoms with van der Waals surface area (Å²) in [5, 5.41) is 7.72. The average Bonchev–Trinajstić information content (AvgIpc) is 2.95. The SMILES string of the molecule is CS(=O)(=O)c1ccc2nnn(OCCOc3ccc(F)cc3)c2c1. The molecule has 0 N–H and O–H groups in total. The normalized spacial score (nSPS) is 11.6. The number of ether oxygens (including phenoxy) is 1. The monoisotopic (exact) mass is 351 g/mol. The Bertz CT molecular complexity index is 955. The molecule has 0 saturated heterocycles. The van der Waals surface area contributed by atoms with Crippen LogP contribution in [0.3, 0.4) is 0 Å². The lowest BCUT2D eigenvalue weighted by atomic mass is 10.3. The highest BCUT2D eigenvalue weighted by atomic mass is 32.2. The zero-order chi connectivity index (χ0) is 17.2. The predicted octanol–water partition coefficient (Wildman–Crippen LogP) is 1.48. The van der Waals surface area contributed by atoms with Crippen LogP contribution in [0.25, 0.3) is 11.0 Å². The molecule has 0 aliphatic heterocycles. The van der Waals surface area contributed by atoms with E-state index in [2.05, 4.69) is 10.3 Å². The summed E-state index contributed by atoms with van der Waals surface area (Å²) >= 11 is 0. The first kappa shape index (κ1) is 16.2. The Morgan fingerprint density at radius 2 is 1.88 bits per heavy atom. The molecule has 0 unspecified atom stereocenters. The van der Waals surface area contributed by atoms with Crippen molar-refractivity contribution in [2.24, 2.45) is 0 Å². The van der Waals surface area contributed by atoms with Gasteiger partial charge >= 0.3 is 0 Å². The summed E-state index contributed by atoms with van der Waals surface area (Å²) in [5.41, 5.74) is 0.960. The Kier molecular flexibility index (Phi) is 4.34. The van der Waals surface area contributed by atoms with Crippen molar-refractivity contribution in [2.45, 2.75) is 4.90 Å². The minimum atomic E-state index is -3.33. The molecule has 0 fully saturated rings. The quantitative estimate of drug-likeness (QED) is 0.626. The van der Waals surface area contributed by atoms with Gasteiger partial charge in [-0.1, -0.05) is 4.85 Å². The highest BCUT2D eigenvalue weighted by Gasteiger charge is 2.12. The van der Waals surface area contributed by atoms with Crippen molar-refractivity contribution in [2.75, 3.05) is 19.5 Å². The van der Waals surface area contributed by atoms with Crippen LogP contribution in [-0.4, -0.2) is 43.0 Å². The molecule has 0 amide bonds. The molecular formula is C15H14FN3O4S. The van der Waals surface area contributed by atoms with Gasteiger partial charge < -0.3 is 9.57 Å². The number of benzene rings is 2. The van der Waals surface area contributed by atoms with E-state index in [9.17, 15) is 12.8 Å². The molecule has 0 radical (unpaired) electrons. The third-order valence-electron chi connectivity index (χ3n) is 3.19. The van der Waals surface area contributed by atoms with E-state index in [4.69, 9.17) is 9.57 Å². The molecule has 0 bridgehead atoms. The maximum Gasteiger partial charge on any atom is 0.175 e. The van der Waals surface area contributed by atoms with Crippen molar-refractivity contribution < 1.29 is 22.4 Å². The molecule has 126 valence electrons. The highest BCUT2D eigenvalue weighted by Crippen LogP contribution is 2.16. The summed E-state index contributed by atoms with van der Waals surface area (Å²) in [6.07, 6.45) is 1.12. The van der Waals surface area contributed by atoms with E-state index in [1.54, 1.807) is 6.07 Å². The van der Waals surface area contributed by atoms with Crippen molar-refractivity contribution in [1.82, 2.24) is 15.2 Å². The van der Waals surface area contributed by atoms with Crippen molar-refractivity contribution in [3.63, 3.8) is 0 Å². The van der Waals surface area contributed by atoms with E-state index >= 15 is 0 Å². The molecule has 2 aromatic carbocycles. The standard InChI is InChI=1S/C15H14FN3O4S/c1-24(20,21)13-6-7-14-15(10-13)19(18-17-14)23-9-8-22-12-4-2-11(16)3-5-12/h2-7,10H,8-9H2,1H3. The highest BCUT2D eigenvalue weighted by molar-refractivity contribution is 7.90. The average molecular weight is 351 g/mol. The van der Waals surface area contributed by atoms with Crippen LogP contribution in [0.2, 0.25) is 0 Å². The van der Waals surface area contributed by atoms with Crippen LogP contribution in [0.15, 0.2) is 47.4 Å². The zero-order valence-electron chi connectivity index (χ0n) is 12.7. The third-order valence-corrected chi connectivity index (χ3v) is 4.30. The second-order valence-electron chi connectivity index (χ2n) is 5.02. The van der Waals surface area contributed by atoms with Crippen molar-refractivity contribution in [1.29, 1.82) is 0 Å². The number of halogens is 1. The van der Waals surface area contributed by atoms with Crippen molar-refractivity contribution >= 4 is 20.9 Å². The minimum Gasteiger partial charge on any atom is -0.490 e. The third kappa shape index (κ3) is 3.62. The van der Waals surface area contributed by atoms with Crippen LogP contribution in [-0.2, 0) is 9.84 Å². The molecular weight excluding hydrogens is 337 g/mol. The molecule has 0 aliphatic carbocycles. The second kappa shape index (κ2) is 6.44. The summed E-state index contributed by atoms with van der Waals surface area (Å²) in [5.74, 6) is 0.178. The topological polar surface area (TPSA) is 83.3 Å². The number of rotatable bonds is 6. The maximum atomic E-state index is 12.8. The maximum absolute atomic E-state index is 12.8. The van der Waals surface area contributed by atoms with Crippen LogP contribution < -0.4 is 9.57 Å². The number of fused-ring (bicyclic) bond motifs is 1. The van der Waals surface area contributed by atoms with E-state index in [0.29, 0.717) is 16.8 Å². The number of hydrogen-bond donors (Lipinski definition) is 0. The second-order valence-corrected chi connectivity index (χ2v) is 7.04. The predicted molar refractivity (Wildman–Crippen MR) is 84.0 cm³/mol. The Balaban J connectivity index is 1.65. The lowest BCUT2D eigenvalue weighted by Crippen LogP contribution is -2.19. The molecule has 1 aromatic heterocycles. The van der Waals surface area contributed by atoms with Crippen LogP contribution >= 0.6 is 0 Å². The number of aromatic nitrogens is 3. The smallest absolute Gasteiger partial charge is 0.175 e. The number of sulfone groups is 1. The van der Waals surface area contributed by atoms with Crippen LogP contribution in [0, 0.1) is 5.82 Å². The first-order valence-electron chi connectivity index (χ1n) is 7.01. The van der Waals surface area contributed by atoms with Gasteiger partial charge in [0.2, 0.25) is 0 Å². The molecule has 0 spiro atoms. The van der Waals surface area contributed by atoms with Gasteiger partial charge in [-0.2, -0.15) is 0 Å². The fraction of sp³-hybridized carbons (Fsp3) is 0.200. The van der Waals surface area contributed by atoms with Crippen molar-refractivity contribution in [3.05, 3.63) is 48.3 Å². The van der Waals surface area contributed by atoms with E-state index in [0.717, 1.165) is 11.1 Å². The lowest BCUT2D eigenvalue weighted by Gasteiger charge is -2.08. The molecule has 0 aliphatic rings. The largest absolute Gasteiger partial charge is 0.490 e. The first-order chi connectivity index (χ1) is 11.4. The van der Waals surface area contributed by atoms with Gasteiger partial charge in [0.25, 0.3) is 0 Å². The summed E-state index contributed by atoms with van der Waals surface area (Å²) < 4.78 is 41.4. The van der Waals surface area contributed by atoms with Crippen LogP contribution in [0.5, 0.6) is 5.75 Å². The number of hydrogen-bond acceptors (Lipinski definition) is 6. The Hall–Kier alpha value is -2.68. The number of nitrogens with zero attached hydrogens (tertiary/aromatic N) is 3. The molecule has 1 heterocycles. The Morgan fingerprint density at radius 3 is 2.58 bits per heavy atom. The summed E-state index contributed by atoms with van der Waals surface area (Å²) in [6.45, 7) is 0.359. The van der Waals surface area contributed by atoms with E-state index in [1.807, 2.05) is 0 Å². The van der Waals surface area contributed by atoms with Crippen LogP contribution in [0.1, 0.15) is 0 Å². The van der Waals surface area contributed by atoms with Crippen molar-refractivity contribution in [3.8, 4) is 5.75 Å². The van der Waals surface area contributed by atoms with E-state index < -0.39 is 9.84 Å². The Labute approximate surface area is 137 Å². The molecule has 3 rings (SSSR count). The minimum absolute atomic E-state index is 0.152. The van der Waals surface area contributed by atoms with Crippen LogP contribution in [0.4, 0.5) is 4.39 Å². The van der Waals surface area contributed by atoms with Gasteiger partial charge in [0.15, 0.2) is 16.4 Å². The molecule has 24 heavy (non-hydrogen) atoms. The van der Waals surface area contributed by atoms with Gasteiger partial charge in [0.05, 0.1) is 4.90 Å². The van der Waals surface area contributed by atoms with E-state index in [-0.39, 0.29) is 23.9 Å². The zero-order valence-corrected chi connectivity index (χ0v) is 13.5.